The van der Waals surface area contributed by atoms with Gasteiger partial charge in [-0.15, -0.1) is 0 Å². The van der Waals surface area contributed by atoms with Gasteiger partial charge in [0.15, 0.2) is 0 Å². The van der Waals surface area contributed by atoms with Crippen molar-refractivity contribution in [3.8, 4) is 0 Å². The first kappa shape index (κ1) is 23.3. The summed E-state index contributed by atoms with van der Waals surface area (Å²) in [6.45, 7) is 7.23. The van der Waals surface area contributed by atoms with E-state index in [9.17, 15) is 18.0 Å². The highest BCUT2D eigenvalue weighted by molar-refractivity contribution is 7.89. The average molecular weight is 427 g/mol. The van der Waals surface area contributed by atoms with Crippen molar-refractivity contribution < 1.29 is 27.5 Å². The molecule has 1 aromatic rings. The largest absolute Gasteiger partial charge is 0.460 e. The molecule has 1 aromatic carbocycles. The average Bonchev–Trinajstić information content (AvgIpc) is 2.66. The van der Waals surface area contributed by atoms with Crippen molar-refractivity contribution in [1.82, 2.24) is 9.21 Å². The van der Waals surface area contributed by atoms with Gasteiger partial charge in [-0.1, -0.05) is 0 Å². The molecule has 29 heavy (non-hydrogen) atoms. The van der Waals surface area contributed by atoms with E-state index in [4.69, 9.17) is 9.47 Å². The maximum Gasteiger partial charge on any atom is 0.306 e. The second-order valence-electron chi connectivity index (χ2n) is 7.96. The van der Waals surface area contributed by atoms with Gasteiger partial charge in [-0.05, 0) is 51.5 Å². The highest BCUT2D eigenvalue weighted by Crippen LogP contribution is 2.18. The van der Waals surface area contributed by atoms with Crippen LogP contribution < -0.4 is 0 Å². The molecule has 1 amide bonds. The molecular weight excluding hydrogens is 396 g/mol. The Morgan fingerprint density at radius 1 is 1.14 bits per heavy atom. The SMILES string of the molecule is CN(CCCC(=O)OC(C)(C)C)C(=O)c1ccc(S(=O)(=O)N2CCOCC2)cc1. The van der Waals surface area contributed by atoms with Crippen LogP contribution in [0.25, 0.3) is 0 Å². The van der Waals surface area contributed by atoms with Crippen molar-refractivity contribution in [2.45, 2.75) is 44.1 Å². The van der Waals surface area contributed by atoms with Crippen LogP contribution in [0.15, 0.2) is 29.2 Å². The van der Waals surface area contributed by atoms with Gasteiger partial charge < -0.3 is 14.4 Å². The fourth-order valence-electron chi connectivity index (χ4n) is 2.88. The maximum absolute atomic E-state index is 12.6. The highest BCUT2D eigenvalue weighted by atomic mass is 32.2. The van der Waals surface area contributed by atoms with Gasteiger partial charge in [0, 0.05) is 38.7 Å². The minimum absolute atomic E-state index is 0.156. The predicted octanol–water partition coefficient (Wildman–Crippen LogP) is 1.90. The lowest BCUT2D eigenvalue weighted by Gasteiger charge is -2.26. The van der Waals surface area contributed by atoms with E-state index in [1.165, 1.54) is 33.5 Å². The summed E-state index contributed by atoms with van der Waals surface area (Å²) in [5.74, 6) is -0.527. The molecule has 0 unspecified atom stereocenters. The lowest BCUT2D eigenvalue weighted by Crippen LogP contribution is -2.40. The normalized spacial score (nSPS) is 15.7. The Morgan fingerprint density at radius 2 is 1.72 bits per heavy atom. The quantitative estimate of drug-likeness (QED) is 0.618. The molecule has 1 aliphatic heterocycles. The van der Waals surface area contributed by atoms with Gasteiger partial charge in [0.2, 0.25) is 10.0 Å². The summed E-state index contributed by atoms with van der Waals surface area (Å²) in [4.78, 5) is 26.0. The van der Waals surface area contributed by atoms with E-state index in [1.807, 2.05) is 20.8 Å². The molecule has 2 rings (SSSR count). The molecule has 0 aliphatic carbocycles. The van der Waals surface area contributed by atoms with Crippen LogP contribution in [0.5, 0.6) is 0 Å². The monoisotopic (exact) mass is 426 g/mol. The zero-order valence-corrected chi connectivity index (χ0v) is 18.3. The number of sulfonamides is 1. The number of hydrogen-bond donors (Lipinski definition) is 0. The molecule has 0 N–H and O–H groups in total. The smallest absolute Gasteiger partial charge is 0.306 e. The van der Waals surface area contributed by atoms with Crippen LogP contribution in [0.1, 0.15) is 44.0 Å². The predicted molar refractivity (Wildman–Crippen MR) is 108 cm³/mol. The summed E-state index contributed by atoms with van der Waals surface area (Å²) in [5, 5.41) is 0. The van der Waals surface area contributed by atoms with Crippen LogP contribution in [0.4, 0.5) is 0 Å². The molecular formula is C20H30N2O6S. The van der Waals surface area contributed by atoms with E-state index in [0.29, 0.717) is 44.8 Å². The number of nitrogens with zero attached hydrogens (tertiary/aromatic N) is 2. The van der Waals surface area contributed by atoms with Crippen molar-refractivity contribution in [1.29, 1.82) is 0 Å². The van der Waals surface area contributed by atoms with E-state index in [1.54, 1.807) is 7.05 Å². The zero-order chi connectivity index (χ0) is 21.7. The number of benzene rings is 1. The Balaban J connectivity index is 1.91. The topological polar surface area (TPSA) is 93.2 Å². The van der Waals surface area contributed by atoms with Crippen LogP contribution in [0.2, 0.25) is 0 Å². The first-order valence-electron chi connectivity index (χ1n) is 9.66. The number of esters is 1. The number of rotatable bonds is 7. The molecule has 0 bridgehead atoms. The molecule has 162 valence electrons. The fraction of sp³-hybridized carbons (Fsp3) is 0.600. The van der Waals surface area contributed by atoms with Crippen molar-refractivity contribution in [3.63, 3.8) is 0 Å². The van der Waals surface area contributed by atoms with Crippen LogP contribution >= 0.6 is 0 Å². The first-order chi connectivity index (χ1) is 13.5. The van der Waals surface area contributed by atoms with Crippen LogP contribution in [0.3, 0.4) is 0 Å². The summed E-state index contributed by atoms with van der Waals surface area (Å²) >= 11 is 0. The first-order valence-corrected chi connectivity index (χ1v) is 11.1. The Morgan fingerprint density at radius 3 is 2.28 bits per heavy atom. The highest BCUT2D eigenvalue weighted by Gasteiger charge is 2.26. The van der Waals surface area contributed by atoms with Crippen LogP contribution in [0, 0.1) is 0 Å². The molecule has 0 atom stereocenters. The summed E-state index contributed by atoms with van der Waals surface area (Å²) in [5.41, 5.74) is -0.132. The van der Waals surface area contributed by atoms with Gasteiger partial charge in [0.25, 0.3) is 5.91 Å². The van der Waals surface area contributed by atoms with E-state index in [0.717, 1.165) is 0 Å². The second-order valence-corrected chi connectivity index (χ2v) is 9.90. The number of morpholine rings is 1. The maximum atomic E-state index is 12.6. The summed E-state index contributed by atoms with van der Waals surface area (Å²) in [6, 6.07) is 5.93. The summed E-state index contributed by atoms with van der Waals surface area (Å²) in [7, 11) is -1.94. The third-order valence-electron chi connectivity index (χ3n) is 4.35. The molecule has 0 radical (unpaired) electrons. The molecule has 1 heterocycles. The minimum atomic E-state index is -3.59. The minimum Gasteiger partial charge on any atom is -0.460 e. The second kappa shape index (κ2) is 9.69. The van der Waals surface area contributed by atoms with E-state index >= 15 is 0 Å². The van der Waals surface area contributed by atoms with Crippen LogP contribution in [-0.2, 0) is 24.3 Å². The van der Waals surface area contributed by atoms with Gasteiger partial charge in [-0.25, -0.2) is 8.42 Å². The van der Waals surface area contributed by atoms with Gasteiger partial charge in [0.1, 0.15) is 5.60 Å². The van der Waals surface area contributed by atoms with Crippen molar-refractivity contribution in [2.75, 3.05) is 39.9 Å². The molecule has 0 saturated carbocycles. The van der Waals surface area contributed by atoms with E-state index in [-0.39, 0.29) is 23.2 Å². The Kier molecular flexibility index (Phi) is 7.79. The summed E-state index contributed by atoms with van der Waals surface area (Å²) in [6.07, 6.45) is 0.715. The van der Waals surface area contributed by atoms with Gasteiger partial charge >= 0.3 is 5.97 Å². The zero-order valence-electron chi connectivity index (χ0n) is 17.5. The number of hydrogen-bond acceptors (Lipinski definition) is 6. The fourth-order valence-corrected chi connectivity index (χ4v) is 4.29. The van der Waals surface area contributed by atoms with E-state index in [2.05, 4.69) is 0 Å². The Bertz CT molecular complexity index is 808. The third kappa shape index (κ3) is 6.80. The van der Waals surface area contributed by atoms with E-state index < -0.39 is 15.6 Å². The summed E-state index contributed by atoms with van der Waals surface area (Å²) < 4.78 is 37.1. The number of amides is 1. The molecule has 9 heteroatoms. The standard InChI is InChI=1S/C20H30N2O6S/c1-20(2,3)28-18(23)6-5-11-21(4)19(24)16-7-9-17(10-8-16)29(25,26)22-12-14-27-15-13-22/h7-10H,5-6,11-15H2,1-4H3. The van der Waals surface area contributed by atoms with Gasteiger partial charge in [-0.2, -0.15) is 4.31 Å². The van der Waals surface area contributed by atoms with Crippen molar-refractivity contribution >= 4 is 21.9 Å². The Labute approximate surface area is 172 Å². The molecule has 1 aliphatic rings. The Hall–Kier alpha value is -1.97. The van der Waals surface area contributed by atoms with Gasteiger partial charge in [0.05, 0.1) is 18.1 Å². The molecule has 0 aromatic heterocycles. The van der Waals surface area contributed by atoms with Crippen LogP contribution in [-0.4, -0.2) is 75.0 Å². The third-order valence-corrected chi connectivity index (χ3v) is 6.26. The molecule has 1 fully saturated rings. The van der Waals surface area contributed by atoms with Gasteiger partial charge in [-0.3, -0.25) is 9.59 Å². The number of carbonyl (C=O) groups is 2. The number of carbonyl (C=O) groups excluding carboxylic acids is 2. The lowest BCUT2D eigenvalue weighted by molar-refractivity contribution is -0.154. The van der Waals surface area contributed by atoms with Crippen molar-refractivity contribution in [3.05, 3.63) is 29.8 Å². The molecule has 0 spiro atoms. The van der Waals surface area contributed by atoms with Crippen molar-refractivity contribution in [2.24, 2.45) is 0 Å². The number of ether oxygens (including phenoxy) is 2. The molecule has 1 saturated heterocycles. The molecule has 8 nitrogen and oxygen atoms in total. The lowest BCUT2D eigenvalue weighted by atomic mass is 10.2.